The highest BCUT2D eigenvalue weighted by molar-refractivity contribution is 6.31. The van der Waals surface area contributed by atoms with Crippen LogP contribution in [-0.4, -0.2) is 17.6 Å². The Morgan fingerprint density at radius 2 is 1.60 bits per heavy atom. The molecule has 0 bridgehead atoms. The highest BCUT2D eigenvalue weighted by atomic mass is 35.5. The number of hydrogen-bond donors (Lipinski definition) is 2. The van der Waals surface area contributed by atoms with Crippen LogP contribution >= 0.6 is 11.6 Å². The van der Waals surface area contributed by atoms with Gasteiger partial charge in [0.15, 0.2) is 6.61 Å². The van der Waals surface area contributed by atoms with Gasteiger partial charge in [-0.15, -0.1) is 0 Å². The fourth-order valence-electron chi connectivity index (χ4n) is 3.47. The molecule has 5 heteroatoms. The number of carbonyl (C=O) groups is 1. The van der Waals surface area contributed by atoms with E-state index in [1.807, 2.05) is 66.7 Å². The van der Waals surface area contributed by atoms with E-state index < -0.39 is 6.04 Å². The van der Waals surface area contributed by atoms with E-state index in [9.17, 15) is 9.90 Å². The molecule has 4 aromatic rings. The van der Waals surface area contributed by atoms with Gasteiger partial charge in [0.05, 0.1) is 6.04 Å². The molecule has 0 saturated carbocycles. The van der Waals surface area contributed by atoms with Crippen molar-refractivity contribution in [3.63, 3.8) is 0 Å². The molecule has 0 saturated heterocycles. The van der Waals surface area contributed by atoms with Crippen molar-refractivity contribution in [2.75, 3.05) is 6.61 Å². The number of benzene rings is 4. The smallest absolute Gasteiger partial charge is 0.258 e. The van der Waals surface area contributed by atoms with Crippen LogP contribution in [0.1, 0.15) is 17.2 Å². The molecule has 1 amide bonds. The summed E-state index contributed by atoms with van der Waals surface area (Å²) in [7, 11) is 0. The van der Waals surface area contributed by atoms with Gasteiger partial charge in [0.2, 0.25) is 0 Å². The lowest BCUT2D eigenvalue weighted by Gasteiger charge is -2.23. The van der Waals surface area contributed by atoms with Crippen LogP contribution in [0.3, 0.4) is 0 Å². The second-order valence-electron chi connectivity index (χ2n) is 6.84. The molecular weight excluding hydrogens is 398 g/mol. The Hall–Kier alpha value is -3.50. The first kappa shape index (κ1) is 19.8. The Kier molecular flexibility index (Phi) is 5.87. The van der Waals surface area contributed by atoms with Gasteiger partial charge in [0, 0.05) is 10.6 Å². The van der Waals surface area contributed by atoms with Crippen LogP contribution in [0.5, 0.6) is 11.5 Å². The summed E-state index contributed by atoms with van der Waals surface area (Å²) in [6, 6.07) is 27.0. The summed E-state index contributed by atoms with van der Waals surface area (Å²) >= 11 is 6.46. The first-order chi connectivity index (χ1) is 14.6. The minimum Gasteiger partial charge on any atom is -0.508 e. The van der Waals surface area contributed by atoms with Gasteiger partial charge in [0.1, 0.15) is 11.5 Å². The number of ether oxygens (including phenoxy) is 1. The number of hydrogen-bond acceptors (Lipinski definition) is 3. The summed E-state index contributed by atoms with van der Waals surface area (Å²) in [5, 5.41) is 16.0. The predicted octanol–water partition coefficient (Wildman–Crippen LogP) is 5.48. The lowest BCUT2D eigenvalue weighted by molar-refractivity contribution is -0.123. The Balaban J connectivity index is 1.71. The lowest BCUT2D eigenvalue weighted by atomic mass is 9.92. The van der Waals surface area contributed by atoms with E-state index in [1.165, 1.54) is 0 Å². The van der Waals surface area contributed by atoms with Crippen molar-refractivity contribution in [1.29, 1.82) is 0 Å². The van der Waals surface area contributed by atoms with Crippen molar-refractivity contribution in [1.82, 2.24) is 5.32 Å². The zero-order valence-corrected chi connectivity index (χ0v) is 16.8. The molecular formula is C25H20ClNO3. The predicted molar refractivity (Wildman–Crippen MR) is 119 cm³/mol. The summed E-state index contributed by atoms with van der Waals surface area (Å²) in [4.78, 5) is 12.8. The Morgan fingerprint density at radius 1 is 0.900 bits per heavy atom. The van der Waals surface area contributed by atoms with Crippen molar-refractivity contribution in [3.05, 3.63) is 107 Å². The van der Waals surface area contributed by atoms with Crippen molar-refractivity contribution in [2.45, 2.75) is 6.04 Å². The van der Waals surface area contributed by atoms with Crippen molar-refractivity contribution in [2.24, 2.45) is 0 Å². The van der Waals surface area contributed by atoms with Crippen molar-refractivity contribution >= 4 is 28.3 Å². The molecule has 0 aliphatic carbocycles. The fraction of sp³-hybridized carbons (Fsp3) is 0.0800. The van der Waals surface area contributed by atoms with Gasteiger partial charge in [0.25, 0.3) is 5.91 Å². The zero-order chi connectivity index (χ0) is 20.9. The number of rotatable bonds is 6. The first-order valence-corrected chi connectivity index (χ1v) is 9.93. The Bertz CT molecular complexity index is 1180. The third kappa shape index (κ3) is 4.24. The average Bonchev–Trinajstić information content (AvgIpc) is 2.78. The molecule has 30 heavy (non-hydrogen) atoms. The molecule has 0 aliphatic heterocycles. The van der Waals surface area contributed by atoms with Crippen LogP contribution in [0.15, 0.2) is 91.0 Å². The number of phenols is 1. The highest BCUT2D eigenvalue weighted by Gasteiger charge is 2.24. The number of aromatic hydroxyl groups is 1. The maximum atomic E-state index is 12.8. The van der Waals surface area contributed by atoms with Gasteiger partial charge < -0.3 is 15.2 Å². The van der Waals surface area contributed by atoms with Gasteiger partial charge in [-0.25, -0.2) is 0 Å². The summed E-state index contributed by atoms with van der Waals surface area (Å²) < 4.78 is 5.58. The van der Waals surface area contributed by atoms with Crippen LogP contribution in [0, 0.1) is 0 Å². The van der Waals surface area contributed by atoms with E-state index >= 15 is 0 Å². The SMILES string of the molecule is O=C(COc1ccccc1)N[C@H](c1ccccc1Cl)c1c(O)ccc2ccccc12. The molecule has 2 N–H and O–H groups in total. The van der Waals surface area contributed by atoms with Crippen LogP contribution in [0.4, 0.5) is 0 Å². The molecule has 0 aromatic heterocycles. The maximum Gasteiger partial charge on any atom is 0.258 e. The van der Waals surface area contributed by atoms with E-state index in [0.29, 0.717) is 21.9 Å². The number of halogens is 1. The molecule has 4 rings (SSSR count). The third-order valence-electron chi connectivity index (χ3n) is 4.87. The van der Waals surface area contributed by atoms with E-state index in [1.54, 1.807) is 24.3 Å². The number of carbonyl (C=O) groups excluding carboxylic acids is 1. The number of para-hydroxylation sites is 1. The maximum absolute atomic E-state index is 12.8. The van der Waals surface area contributed by atoms with Crippen LogP contribution < -0.4 is 10.1 Å². The summed E-state index contributed by atoms with van der Waals surface area (Å²) in [6.45, 7) is -0.156. The molecule has 0 radical (unpaired) electrons. The van der Waals surface area contributed by atoms with E-state index in [4.69, 9.17) is 16.3 Å². The second kappa shape index (κ2) is 8.89. The molecule has 0 fully saturated rings. The van der Waals surface area contributed by atoms with Crippen LogP contribution in [-0.2, 0) is 4.79 Å². The Morgan fingerprint density at radius 3 is 2.40 bits per heavy atom. The lowest BCUT2D eigenvalue weighted by Crippen LogP contribution is -2.33. The average molecular weight is 418 g/mol. The molecule has 0 unspecified atom stereocenters. The summed E-state index contributed by atoms with van der Waals surface area (Å²) in [5.74, 6) is 0.369. The zero-order valence-electron chi connectivity index (χ0n) is 16.1. The van der Waals surface area contributed by atoms with Gasteiger partial charge in [-0.1, -0.05) is 78.3 Å². The molecule has 4 nitrogen and oxygen atoms in total. The van der Waals surface area contributed by atoms with Crippen molar-refractivity contribution in [3.8, 4) is 11.5 Å². The number of nitrogens with one attached hydrogen (secondary N) is 1. The largest absolute Gasteiger partial charge is 0.508 e. The normalized spacial score (nSPS) is 11.8. The molecule has 4 aromatic carbocycles. The Labute approximate surface area is 179 Å². The van der Waals surface area contributed by atoms with Gasteiger partial charge in [-0.2, -0.15) is 0 Å². The topological polar surface area (TPSA) is 58.6 Å². The summed E-state index contributed by atoms with van der Waals surface area (Å²) in [5.41, 5.74) is 1.29. The van der Waals surface area contributed by atoms with Crippen LogP contribution in [0.25, 0.3) is 10.8 Å². The van der Waals surface area contributed by atoms with Crippen molar-refractivity contribution < 1.29 is 14.6 Å². The quantitative estimate of drug-likeness (QED) is 0.436. The molecule has 0 aliphatic rings. The standard InChI is InChI=1S/C25H20ClNO3/c26-21-13-7-6-12-20(21)25(27-23(29)16-30-18-9-2-1-3-10-18)24-19-11-5-4-8-17(19)14-15-22(24)28/h1-15,25,28H,16H2,(H,27,29)/t25-/m1/s1. The number of amides is 1. The number of fused-ring (bicyclic) bond motifs is 1. The number of phenolic OH excluding ortho intramolecular Hbond substituents is 1. The third-order valence-corrected chi connectivity index (χ3v) is 5.22. The van der Waals surface area contributed by atoms with E-state index in [-0.39, 0.29) is 18.3 Å². The van der Waals surface area contributed by atoms with E-state index in [2.05, 4.69) is 5.32 Å². The second-order valence-corrected chi connectivity index (χ2v) is 7.25. The minimum atomic E-state index is -0.642. The van der Waals surface area contributed by atoms with Gasteiger partial charge in [-0.05, 0) is 40.6 Å². The van der Waals surface area contributed by atoms with Crippen LogP contribution in [0.2, 0.25) is 5.02 Å². The monoisotopic (exact) mass is 417 g/mol. The van der Waals surface area contributed by atoms with Gasteiger partial charge >= 0.3 is 0 Å². The molecule has 0 spiro atoms. The fourth-order valence-corrected chi connectivity index (χ4v) is 3.72. The highest BCUT2D eigenvalue weighted by Crippen LogP contribution is 2.38. The minimum absolute atomic E-state index is 0.0860. The summed E-state index contributed by atoms with van der Waals surface area (Å²) in [6.07, 6.45) is 0. The van der Waals surface area contributed by atoms with Gasteiger partial charge in [-0.3, -0.25) is 4.79 Å². The molecule has 0 heterocycles. The molecule has 1 atom stereocenters. The molecule has 150 valence electrons. The first-order valence-electron chi connectivity index (χ1n) is 9.56. The van der Waals surface area contributed by atoms with E-state index in [0.717, 1.165) is 10.8 Å².